The Bertz CT molecular complexity index is 930. The van der Waals surface area contributed by atoms with Gasteiger partial charge < -0.3 is 19.6 Å². The van der Waals surface area contributed by atoms with Crippen molar-refractivity contribution in [2.75, 3.05) is 7.11 Å². The maximum absolute atomic E-state index is 13.1. The number of primary amides is 1. The van der Waals surface area contributed by atoms with Gasteiger partial charge in [0.1, 0.15) is 28.5 Å². The molecule has 0 atom stereocenters. The quantitative estimate of drug-likeness (QED) is 0.586. The molecule has 0 aliphatic rings. The monoisotopic (exact) mass is 329 g/mol. The van der Waals surface area contributed by atoms with Crippen molar-refractivity contribution in [2.24, 2.45) is 5.73 Å². The molecule has 1 heterocycles. The fraction of sp³-hybridized carbons (Fsp3) is 0.0588. The molecule has 0 bridgehead atoms. The van der Waals surface area contributed by atoms with E-state index in [9.17, 15) is 14.0 Å². The third-order valence-electron chi connectivity index (χ3n) is 3.40. The highest BCUT2D eigenvalue weighted by Crippen LogP contribution is 2.36. The van der Waals surface area contributed by atoms with Crippen LogP contribution in [0.2, 0.25) is 0 Å². The van der Waals surface area contributed by atoms with Crippen LogP contribution in [0.4, 0.5) is 9.18 Å². The van der Waals surface area contributed by atoms with Crippen LogP contribution in [0.1, 0.15) is 10.4 Å². The summed E-state index contributed by atoms with van der Waals surface area (Å²) in [5, 5.41) is 0.389. The van der Waals surface area contributed by atoms with Gasteiger partial charge in [-0.2, -0.15) is 0 Å². The zero-order chi connectivity index (χ0) is 17.3. The molecule has 0 spiro atoms. The average Bonchev–Trinajstić information content (AvgIpc) is 2.93. The van der Waals surface area contributed by atoms with Gasteiger partial charge in [-0.05, 0) is 42.5 Å². The molecule has 0 aliphatic carbocycles. The molecular formula is C17H12FNO5. The number of amides is 1. The molecule has 0 unspecified atom stereocenters. The number of esters is 1. The van der Waals surface area contributed by atoms with Crippen molar-refractivity contribution < 1.29 is 27.9 Å². The molecule has 0 fully saturated rings. The third-order valence-corrected chi connectivity index (χ3v) is 3.40. The fourth-order valence-electron chi connectivity index (χ4n) is 2.35. The Morgan fingerprint density at radius 3 is 2.46 bits per heavy atom. The number of benzene rings is 2. The van der Waals surface area contributed by atoms with Gasteiger partial charge in [-0.1, -0.05) is 0 Å². The summed E-state index contributed by atoms with van der Waals surface area (Å²) in [4.78, 5) is 23.2. The van der Waals surface area contributed by atoms with Gasteiger partial charge >= 0.3 is 12.1 Å². The van der Waals surface area contributed by atoms with Crippen LogP contribution in [0.5, 0.6) is 5.75 Å². The lowest BCUT2D eigenvalue weighted by Crippen LogP contribution is -2.18. The summed E-state index contributed by atoms with van der Waals surface area (Å²) < 4.78 is 28.5. The predicted octanol–water partition coefficient (Wildman–Crippen LogP) is 3.48. The van der Waals surface area contributed by atoms with E-state index in [4.69, 9.17) is 14.9 Å². The molecule has 3 aromatic rings. The molecule has 2 aromatic carbocycles. The van der Waals surface area contributed by atoms with Gasteiger partial charge in [0.15, 0.2) is 0 Å². The molecule has 0 saturated carbocycles. The second-order valence-electron chi connectivity index (χ2n) is 4.88. The highest BCUT2D eigenvalue weighted by molar-refractivity contribution is 6.11. The van der Waals surface area contributed by atoms with Crippen LogP contribution in [-0.4, -0.2) is 19.2 Å². The van der Waals surface area contributed by atoms with Gasteiger partial charge in [-0.15, -0.1) is 0 Å². The van der Waals surface area contributed by atoms with Crippen LogP contribution in [0.25, 0.3) is 22.3 Å². The summed E-state index contributed by atoms with van der Waals surface area (Å²) in [6.45, 7) is 0. The summed E-state index contributed by atoms with van der Waals surface area (Å²) in [7, 11) is 1.48. The minimum absolute atomic E-state index is 0.00862. The van der Waals surface area contributed by atoms with Crippen molar-refractivity contribution in [3.8, 4) is 17.1 Å². The molecule has 3 rings (SSSR count). The first-order valence-electron chi connectivity index (χ1n) is 6.87. The average molecular weight is 329 g/mol. The van der Waals surface area contributed by atoms with E-state index in [0.29, 0.717) is 22.3 Å². The molecule has 7 heteroatoms. The first-order valence-corrected chi connectivity index (χ1v) is 6.87. The Kier molecular flexibility index (Phi) is 3.91. The number of methoxy groups -OCH3 is 1. The molecule has 0 radical (unpaired) electrons. The van der Waals surface area contributed by atoms with Gasteiger partial charge in [0, 0.05) is 10.9 Å². The number of halogens is 1. The molecule has 0 aliphatic heterocycles. The Morgan fingerprint density at radius 2 is 1.83 bits per heavy atom. The van der Waals surface area contributed by atoms with E-state index in [1.54, 1.807) is 18.2 Å². The van der Waals surface area contributed by atoms with Crippen LogP contribution in [-0.2, 0) is 4.74 Å². The van der Waals surface area contributed by atoms with Crippen molar-refractivity contribution in [3.63, 3.8) is 0 Å². The first kappa shape index (κ1) is 15.5. The molecular weight excluding hydrogens is 317 g/mol. The minimum Gasteiger partial charge on any atom is -0.497 e. The zero-order valence-electron chi connectivity index (χ0n) is 12.5. The number of hydrogen-bond acceptors (Lipinski definition) is 5. The van der Waals surface area contributed by atoms with Gasteiger partial charge in [-0.25, -0.2) is 14.0 Å². The van der Waals surface area contributed by atoms with E-state index < -0.39 is 17.9 Å². The van der Waals surface area contributed by atoms with Gasteiger partial charge in [-0.3, -0.25) is 0 Å². The van der Waals surface area contributed by atoms with Crippen LogP contribution in [0.3, 0.4) is 0 Å². The maximum Gasteiger partial charge on any atom is 0.412 e. The van der Waals surface area contributed by atoms with E-state index in [1.807, 2.05) is 0 Å². The number of furan rings is 1. The second-order valence-corrected chi connectivity index (χ2v) is 4.88. The van der Waals surface area contributed by atoms with Crippen LogP contribution < -0.4 is 10.5 Å². The topological polar surface area (TPSA) is 91.8 Å². The lowest BCUT2D eigenvalue weighted by atomic mass is 10.1. The Hall–Kier alpha value is -3.35. The maximum atomic E-state index is 13.1. The number of rotatable bonds is 3. The Morgan fingerprint density at radius 1 is 1.12 bits per heavy atom. The summed E-state index contributed by atoms with van der Waals surface area (Å²) in [5.41, 5.74) is 5.76. The molecule has 24 heavy (non-hydrogen) atoms. The summed E-state index contributed by atoms with van der Waals surface area (Å²) in [6, 6.07) is 10.2. The SMILES string of the molecule is COc1ccc2oc(-c3ccc(F)cc3)c(C(=O)OC(N)=O)c2c1. The fourth-order valence-corrected chi connectivity index (χ4v) is 2.35. The van der Waals surface area contributed by atoms with Gasteiger partial charge in [0.05, 0.1) is 7.11 Å². The number of carbonyl (C=O) groups is 2. The second kappa shape index (κ2) is 6.04. The smallest absolute Gasteiger partial charge is 0.412 e. The van der Waals surface area contributed by atoms with Crippen LogP contribution in [0, 0.1) is 5.82 Å². The van der Waals surface area contributed by atoms with E-state index in [2.05, 4.69) is 4.74 Å². The summed E-state index contributed by atoms with van der Waals surface area (Å²) >= 11 is 0. The number of nitrogens with two attached hydrogens (primary N) is 1. The van der Waals surface area contributed by atoms with E-state index >= 15 is 0 Å². The predicted molar refractivity (Wildman–Crippen MR) is 83.2 cm³/mol. The molecule has 1 aromatic heterocycles. The zero-order valence-corrected chi connectivity index (χ0v) is 12.5. The third kappa shape index (κ3) is 2.79. The normalized spacial score (nSPS) is 10.6. The summed E-state index contributed by atoms with van der Waals surface area (Å²) in [5.74, 6) is -0.766. The van der Waals surface area contributed by atoms with E-state index in [1.165, 1.54) is 31.4 Å². The minimum atomic E-state index is -1.23. The molecule has 2 N–H and O–H groups in total. The molecule has 1 amide bonds. The van der Waals surface area contributed by atoms with Crippen LogP contribution in [0.15, 0.2) is 46.9 Å². The van der Waals surface area contributed by atoms with Crippen molar-refractivity contribution in [1.82, 2.24) is 0 Å². The van der Waals surface area contributed by atoms with Crippen LogP contribution >= 0.6 is 0 Å². The Labute approximate surface area is 135 Å². The van der Waals surface area contributed by atoms with E-state index in [0.717, 1.165) is 0 Å². The Balaban J connectivity index is 2.25. The van der Waals surface area contributed by atoms with Crippen molar-refractivity contribution >= 4 is 23.0 Å². The lowest BCUT2D eigenvalue weighted by Gasteiger charge is -2.03. The standard InChI is InChI=1S/C17H12FNO5/c1-22-11-6-7-13-12(8-11)14(16(20)24-17(19)21)15(23-13)9-2-4-10(18)5-3-9/h2-8H,1H3,(H2,19,21). The molecule has 0 saturated heterocycles. The molecule has 122 valence electrons. The first-order chi connectivity index (χ1) is 11.5. The number of fused-ring (bicyclic) bond motifs is 1. The van der Waals surface area contributed by atoms with Crippen molar-refractivity contribution in [2.45, 2.75) is 0 Å². The van der Waals surface area contributed by atoms with Gasteiger partial charge in [0.25, 0.3) is 0 Å². The van der Waals surface area contributed by atoms with Crippen molar-refractivity contribution in [3.05, 3.63) is 53.8 Å². The summed E-state index contributed by atoms with van der Waals surface area (Å²) in [6.07, 6.45) is -1.23. The lowest BCUT2D eigenvalue weighted by molar-refractivity contribution is 0.0640. The largest absolute Gasteiger partial charge is 0.497 e. The van der Waals surface area contributed by atoms with Gasteiger partial charge in [0.2, 0.25) is 0 Å². The van der Waals surface area contributed by atoms with E-state index in [-0.39, 0.29) is 11.3 Å². The number of carbonyl (C=O) groups excluding carboxylic acids is 2. The highest BCUT2D eigenvalue weighted by Gasteiger charge is 2.25. The number of ether oxygens (including phenoxy) is 2. The molecule has 6 nitrogen and oxygen atoms in total. The highest BCUT2D eigenvalue weighted by atomic mass is 19.1. The van der Waals surface area contributed by atoms with Crippen molar-refractivity contribution in [1.29, 1.82) is 0 Å². The number of hydrogen-bond donors (Lipinski definition) is 1.